The summed E-state index contributed by atoms with van der Waals surface area (Å²) >= 11 is 0. The second-order valence-electron chi connectivity index (χ2n) is 9.46. The van der Waals surface area contributed by atoms with Crippen LogP contribution in [0.15, 0.2) is 0 Å². The zero-order valence-electron chi connectivity index (χ0n) is 14.2. The Hall–Kier alpha value is 0. The van der Waals surface area contributed by atoms with E-state index in [0.29, 0.717) is 10.8 Å². The Labute approximate surface area is 120 Å². The average molecular weight is 262 g/mol. The van der Waals surface area contributed by atoms with Crippen LogP contribution in [-0.4, -0.2) is 0 Å². The summed E-state index contributed by atoms with van der Waals surface area (Å²) in [5, 5.41) is 0. The lowest BCUT2D eigenvalue weighted by Crippen LogP contribution is -2.49. The van der Waals surface area contributed by atoms with Gasteiger partial charge in [0, 0.05) is 0 Å². The Kier molecular flexibility index (Phi) is 2.95. The van der Waals surface area contributed by atoms with E-state index in [2.05, 4.69) is 48.5 Å². The SMILES string of the molecule is CC1CC(C2C(C)C2(C)C)C(C2(C)CC(C)C2C)C1. The molecule has 3 aliphatic rings. The van der Waals surface area contributed by atoms with Gasteiger partial charge in [0.2, 0.25) is 0 Å². The van der Waals surface area contributed by atoms with Crippen LogP contribution in [0.2, 0.25) is 0 Å². The Morgan fingerprint density at radius 1 is 0.842 bits per heavy atom. The minimum absolute atomic E-state index is 0.627. The molecule has 3 aliphatic carbocycles. The van der Waals surface area contributed by atoms with Crippen LogP contribution >= 0.6 is 0 Å². The summed E-state index contributed by atoms with van der Waals surface area (Å²) in [6, 6.07) is 0. The normalized spacial score (nSPS) is 59.8. The van der Waals surface area contributed by atoms with Crippen LogP contribution in [0.5, 0.6) is 0 Å². The van der Waals surface area contributed by atoms with Crippen molar-refractivity contribution in [1.29, 1.82) is 0 Å². The van der Waals surface area contributed by atoms with E-state index in [9.17, 15) is 0 Å². The Balaban J connectivity index is 1.81. The van der Waals surface area contributed by atoms with E-state index in [4.69, 9.17) is 0 Å². The number of rotatable bonds is 2. The van der Waals surface area contributed by atoms with Gasteiger partial charge in [-0.2, -0.15) is 0 Å². The fourth-order valence-corrected chi connectivity index (χ4v) is 6.39. The first-order valence-corrected chi connectivity index (χ1v) is 8.69. The van der Waals surface area contributed by atoms with Crippen LogP contribution in [0.3, 0.4) is 0 Å². The van der Waals surface area contributed by atoms with Crippen LogP contribution in [0.4, 0.5) is 0 Å². The third-order valence-corrected chi connectivity index (χ3v) is 8.27. The molecule has 0 amide bonds. The van der Waals surface area contributed by atoms with Gasteiger partial charge in [-0.15, -0.1) is 0 Å². The molecule has 8 atom stereocenters. The molecular formula is C19H34. The summed E-state index contributed by atoms with van der Waals surface area (Å²) in [5.74, 6) is 6.90. The third kappa shape index (κ3) is 1.77. The van der Waals surface area contributed by atoms with Crippen molar-refractivity contribution in [1.82, 2.24) is 0 Å². The highest BCUT2D eigenvalue weighted by Gasteiger charge is 2.64. The molecule has 110 valence electrons. The smallest absolute Gasteiger partial charge is 0.0264 e. The Morgan fingerprint density at radius 2 is 1.42 bits per heavy atom. The van der Waals surface area contributed by atoms with Gasteiger partial charge < -0.3 is 0 Å². The van der Waals surface area contributed by atoms with Crippen molar-refractivity contribution >= 4 is 0 Å². The quantitative estimate of drug-likeness (QED) is 0.605. The van der Waals surface area contributed by atoms with Crippen molar-refractivity contribution in [3.63, 3.8) is 0 Å². The molecule has 3 fully saturated rings. The van der Waals surface area contributed by atoms with Gasteiger partial charge in [0.15, 0.2) is 0 Å². The van der Waals surface area contributed by atoms with Crippen molar-refractivity contribution in [3.8, 4) is 0 Å². The predicted molar refractivity (Wildman–Crippen MR) is 82.9 cm³/mol. The molecule has 0 heterocycles. The minimum atomic E-state index is 0.627. The zero-order valence-corrected chi connectivity index (χ0v) is 14.2. The van der Waals surface area contributed by atoms with Crippen LogP contribution < -0.4 is 0 Å². The molecule has 0 nitrogen and oxygen atoms in total. The molecule has 3 saturated carbocycles. The summed E-state index contributed by atoms with van der Waals surface area (Å²) in [5.41, 5.74) is 1.29. The molecule has 0 spiro atoms. The van der Waals surface area contributed by atoms with Gasteiger partial charge in [-0.3, -0.25) is 0 Å². The number of hydrogen-bond donors (Lipinski definition) is 0. The van der Waals surface area contributed by atoms with Gasteiger partial charge in [0.1, 0.15) is 0 Å². The molecular weight excluding hydrogens is 228 g/mol. The van der Waals surface area contributed by atoms with Gasteiger partial charge in [0.05, 0.1) is 0 Å². The largest absolute Gasteiger partial charge is 0.0625 e. The molecule has 0 aliphatic heterocycles. The highest BCUT2D eigenvalue weighted by Crippen LogP contribution is 2.70. The predicted octanol–water partition coefficient (Wildman–Crippen LogP) is 5.62. The first kappa shape index (κ1) is 14.0. The monoisotopic (exact) mass is 262 g/mol. The lowest BCUT2D eigenvalue weighted by atomic mass is 9.49. The minimum Gasteiger partial charge on any atom is -0.0625 e. The standard InChI is InChI=1S/C19H34/c1-11-8-15(17-14(4)18(17,5)6)16(9-11)19(7)10-12(2)13(19)3/h11-17H,8-10H2,1-7H3. The van der Waals surface area contributed by atoms with Gasteiger partial charge in [-0.1, -0.05) is 48.5 Å². The van der Waals surface area contributed by atoms with Crippen molar-refractivity contribution in [2.24, 2.45) is 52.3 Å². The molecule has 0 radical (unpaired) electrons. The molecule has 0 aromatic heterocycles. The fraction of sp³-hybridized carbons (Fsp3) is 1.00. The molecule has 0 heteroatoms. The molecule has 0 aromatic rings. The summed E-state index contributed by atoms with van der Waals surface area (Å²) in [4.78, 5) is 0. The van der Waals surface area contributed by atoms with E-state index >= 15 is 0 Å². The molecule has 8 unspecified atom stereocenters. The summed E-state index contributed by atoms with van der Waals surface area (Å²) in [7, 11) is 0. The second kappa shape index (κ2) is 4.01. The van der Waals surface area contributed by atoms with E-state index in [1.54, 1.807) is 0 Å². The second-order valence-corrected chi connectivity index (χ2v) is 9.46. The van der Waals surface area contributed by atoms with E-state index < -0.39 is 0 Å². The highest BCUT2D eigenvalue weighted by atomic mass is 14.7. The van der Waals surface area contributed by atoms with E-state index in [-0.39, 0.29) is 0 Å². The summed E-state index contributed by atoms with van der Waals surface area (Å²) in [6.45, 7) is 17.6. The summed E-state index contributed by atoms with van der Waals surface area (Å²) < 4.78 is 0. The van der Waals surface area contributed by atoms with Crippen LogP contribution in [0.1, 0.15) is 67.7 Å². The fourth-order valence-electron chi connectivity index (χ4n) is 6.39. The van der Waals surface area contributed by atoms with Crippen molar-refractivity contribution in [2.75, 3.05) is 0 Å². The average Bonchev–Trinajstić information content (AvgIpc) is 2.67. The Morgan fingerprint density at radius 3 is 1.84 bits per heavy atom. The third-order valence-electron chi connectivity index (χ3n) is 8.27. The lowest BCUT2D eigenvalue weighted by molar-refractivity contribution is -0.0754. The first-order valence-electron chi connectivity index (χ1n) is 8.69. The van der Waals surface area contributed by atoms with Crippen LogP contribution in [-0.2, 0) is 0 Å². The van der Waals surface area contributed by atoms with Gasteiger partial charge >= 0.3 is 0 Å². The molecule has 0 aromatic carbocycles. The van der Waals surface area contributed by atoms with Crippen LogP contribution in [0.25, 0.3) is 0 Å². The Bertz CT molecular complexity index is 368. The molecule has 0 bridgehead atoms. The van der Waals surface area contributed by atoms with Gasteiger partial charge in [0.25, 0.3) is 0 Å². The maximum Gasteiger partial charge on any atom is -0.0264 e. The molecule has 0 saturated heterocycles. The topological polar surface area (TPSA) is 0 Å². The van der Waals surface area contributed by atoms with E-state index in [1.807, 2.05) is 0 Å². The lowest BCUT2D eigenvalue weighted by Gasteiger charge is -2.56. The molecule has 3 rings (SSSR count). The van der Waals surface area contributed by atoms with E-state index in [1.165, 1.54) is 19.3 Å². The molecule has 19 heavy (non-hydrogen) atoms. The summed E-state index contributed by atoms with van der Waals surface area (Å²) in [6.07, 6.45) is 4.51. The van der Waals surface area contributed by atoms with Crippen LogP contribution in [0, 0.1) is 52.3 Å². The van der Waals surface area contributed by atoms with Crippen molar-refractivity contribution < 1.29 is 0 Å². The molecule has 0 N–H and O–H groups in total. The zero-order chi connectivity index (χ0) is 14.2. The maximum atomic E-state index is 2.62. The first-order chi connectivity index (χ1) is 8.69. The number of hydrogen-bond acceptors (Lipinski definition) is 0. The van der Waals surface area contributed by atoms with Gasteiger partial charge in [-0.05, 0) is 71.5 Å². The van der Waals surface area contributed by atoms with Crippen molar-refractivity contribution in [2.45, 2.75) is 67.7 Å². The van der Waals surface area contributed by atoms with E-state index in [0.717, 1.165) is 41.4 Å². The highest BCUT2D eigenvalue weighted by molar-refractivity contribution is 5.12. The van der Waals surface area contributed by atoms with Gasteiger partial charge in [-0.25, -0.2) is 0 Å². The van der Waals surface area contributed by atoms with Crippen molar-refractivity contribution in [3.05, 3.63) is 0 Å². The maximum absolute atomic E-state index is 2.62.